The Labute approximate surface area is 125 Å². The topological polar surface area (TPSA) is 35.8 Å². The second-order valence-electron chi connectivity index (χ2n) is 6.06. The molecule has 2 aliphatic carbocycles. The van der Waals surface area contributed by atoms with Crippen molar-refractivity contribution < 1.29 is 0 Å². The molecule has 3 rings (SSSR count). The van der Waals surface area contributed by atoms with E-state index in [4.69, 9.17) is 0 Å². The van der Waals surface area contributed by atoms with Gasteiger partial charge >= 0.3 is 0 Å². The zero-order valence-electron chi connectivity index (χ0n) is 11.9. The lowest BCUT2D eigenvalue weighted by Gasteiger charge is -2.10. The number of thioether (sulfide) groups is 1. The first kappa shape index (κ1) is 14.0. The Balaban J connectivity index is 1.59. The minimum atomic E-state index is 0.719. The number of nitriles is 1. The van der Waals surface area contributed by atoms with E-state index in [9.17, 15) is 5.26 Å². The van der Waals surface area contributed by atoms with Gasteiger partial charge in [0.05, 0.1) is 5.56 Å². The summed E-state index contributed by atoms with van der Waals surface area (Å²) in [6.45, 7) is 0.896. The van der Waals surface area contributed by atoms with Crippen LogP contribution in [0.4, 0.5) is 0 Å². The second-order valence-corrected chi connectivity index (χ2v) is 7.12. The van der Waals surface area contributed by atoms with Crippen LogP contribution in [0.5, 0.6) is 0 Å². The fourth-order valence-corrected chi connectivity index (χ4v) is 4.01. The molecule has 3 heteroatoms. The molecule has 0 amide bonds. The number of hydrogen-bond donors (Lipinski definition) is 1. The Morgan fingerprint density at radius 2 is 2.00 bits per heavy atom. The van der Waals surface area contributed by atoms with Crippen molar-refractivity contribution in [2.75, 3.05) is 5.75 Å². The van der Waals surface area contributed by atoms with Crippen molar-refractivity contribution in [1.82, 2.24) is 5.32 Å². The van der Waals surface area contributed by atoms with Crippen molar-refractivity contribution in [2.45, 2.75) is 56.0 Å². The standard InChI is InChI=1S/C17H22N2S/c18-10-15-9-14(11-19-16-6-7-16)5-8-17(15)20-12-13-3-1-2-4-13/h5,8-9,13,16,19H,1-4,6-7,11-12H2. The SMILES string of the molecule is N#Cc1cc(CNC2CC2)ccc1SCC1CCCC1. The first-order chi connectivity index (χ1) is 9.85. The number of hydrogen-bond acceptors (Lipinski definition) is 3. The van der Waals surface area contributed by atoms with E-state index in [1.54, 1.807) is 0 Å². The van der Waals surface area contributed by atoms with Crippen molar-refractivity contribution in [3.8, 4) is 6.07 Å². The third kappa shape index (κ3) is 3.77. The molecule has 0 radical (unpaired) electrons. The third-order valence-electron chi connectivity index (χ3n) is 4.29. The van der Waals surface area contributed by atoms with Gasteiger partial charge in [0.2, 0.25) is 0 Å². The summed E-state index contributed by atoms with van der Waals surface area (Å²) in [5.74, 6) is 2.04. The van der Waals surface area contributed by atoms with E-state index in [1.165, 1.54) is 49.8 Å². The molecule has 0 aliphatic heterocycles. The Morgan fingerprint density at radius 1 is 1.20 bits per heavy atom. The Hall–Kier alpha value is -0.980. The fraction of sp³-hybridized carbons (Fsp3) is 0.588. The predicted octanol–water partition coefficient (Wildman–Crippen LogP) is 4.09. The lowest BCUT2D eigenvalue weighted by atomic mass is 10.1. The van der Waals surface area contributed by atoms with Gasteiger partial charge in [-0.25, -0.2) is 0 Å². The molecular weight excluding hydrogens is 264 g/mol. The van der Waals surface area contributed by atoms with E-state index in [0.29, 0.717) is 0 Å². The van der Waals surface area contributed by atoms with Crippen LogP contribution in [0, 0.1) is 17.2 Å². The molecule has 1 aromatic carbocycles. The summed E-state index contributed by atoms with van der Waals surface area (Å²) in [5.41, 5.74) is 2.08. The van der Waals surface area contributed by atoms with Gasteiger partial charge < -0.3 is 5.32 Å². The van der Waals surface area contributed by atoms with Gasteiger partial charge in [-0.05, 0) is 49.3 Å². The molecule has 0 heterocycles. The Bertz CT molecular complexity index is 496. The normalized spacial score (nSPS) is 19.1. The zero-order valence-corrected chi connectivity index (χ0v) is 12.7. The van der Waals surface area contributed by atoms with Crippen LogP contribution in [0.3, 0.4) is 0 Å². The summed E-state index contributed by atoms with van der Waals surface area (Å²) in [6.07, 6.45) is 8.14. The Morgan fingerprint density at radius 3 is 2.70 bits per heavy atom. The van der Waals surface area contributed by atoms with E-state index < -0.39 is 0 Å². The molecule has 0 aromatic heterocycles. The molecule has 2 aliphatic rings. The highest BCUT2D eigenvalue weighted by atomic mass is 32.2. The molecule has 20 heavy (non-hydrogen) atoms. The largest absolute Gasteiger partial charge is 0.310 e. The van der Waals surface area contributed by atoms with E-state index in [1.807, 2.05) is 11.8 Å². The van der Waals surface area contributed by atoms with E-state index in [2.05, 4.69) is 29.6 Å². The van der Waals surface area contributed by atoms with Crippen LogP contribution in [0.25, 0.3) is 0 Å². The van der Waals surface area contributed by atoms with Crippen LogP contribution in [0.2, 0.25) is 0 Å². The van der Waals surface area contributed by atoms with Gasteiger partial charge in [-0.3, -0.25) is 0 Å². The summed E-state index contributed by atoms with van der Waals surface area (Å²) >= 11 is 1.87. The van der Waals surface area contributed by atoms with Crippen molar-refractivity contribution >= 4 is 11.8 Å². The fourth-order valence-electron chi connectivity index (χ4n) is 2.83. The molecule has 1 N–H and O–H groups in total. The smallest absolute Gasteiger partial charge is 0.100 e. The third-order valence-corrected chi connectivity index (χ3v) is 5.59. The van der Waals surface area contributed by atoms with Crippen LogP contribution in [0.1, 0.15) is 49.7 Å². The van der Waals surface area contributed by atoms with Crippen molar-refractivity contribution in [1.29, 1.82) is 5.26 Å². The summed E-state index contributed by atoms with van der Waals surface area (Å²) in [6, 6.07) is 9.46. The molecule has 1 aromatic rings. The van der Waals surface area contributed by atoms with Gasteiger partial charge in [0.15, 0.2) is 0 Å². The van der Waals surface area contributed by atoms with E-state index in [-0.39, 0.29) is 0 Å². The maximum atomic E-state index is 9.34. The molecule has 0 spiro atoms. The van der Waals surface area contributed by atoms with E-state index >= 15 is 0 Å². The van der Waals surface area contributed by atoms with Crippen LogP contribution in [-0.4, -0.2) is 11.8 Å². The lowest BCUT2D eigenvalue weighted by molar-refractivity contribution is 0.623. The highest BCUT2D eigenvalue weighted by Crippen LogP contribution is 2.32. The van der Waals surface area contributed by atoms with Gasteiger partial charge in [0.25, 0.3) is 0 Å². The first-order valence-electron chi connectivity index (χ1n) is 7.74. The average molecular weight is 286 g/mol. The quantitative estimate of drug-likeness (QED) is 0.800. The van der Waals surface area contributed by atoms with Gasteiger partial charge in [-0.2, -0.15) is 5.26 Å². The number of nitrogens with one attached hydrogen (secondary N) is 1. The van der Waals surface area contributed by atoms with Crippen molar-refractivity contribution in [3.63, 3.8) is 0 Å². The summed E-state index contributed by atoms with van der Waals surface area (Å²) in [5, 5.41) is 12.8. The predicted molar refractivity (Wildman–Crippen MR) is 83.7 cm³/mol. The summed E-state index contributed by atoms with van der Waals surface area (Å²) in [4.78, 5) is 1.16. The van der Waals surface area contributed by atoms with Crippen LogP contribution in [0.15, 0.2) is 23.1 Å². The highest BCUT2D eigenvalue weighted by molar-refractivity contribution is 7.99. The molecule has 2 nitrogen and oxygen atoms in total. The Kier molecular flexibility index (Phi) is 4.65. The molecular formula is C17H22N2S. The average Bonchev–Trinajstić information content (AvgIpc) is 3.17. The molecule has 0 saturated heterocycles. The maximum Gasteiger partial charge on any atom is 0.100 e. The van der Waals surface area contributed by atoms with Gasteiger partial charge in [0, 0.05) is 23.2 Å². The number of nitrogens with zero attached hydrogens (tertiary/aromatic N) is 1. The van der Waals surface area contributed by atoms with Gasteiger partial charge in [0.1, 0.15) is 6.07 Å². The van der Waals surface area contributed by atoms with Crippen LogP contribution in [-0.2, 0) is 6.54 Å². The monoisotopic (exact) mass is 286 g/mol. The van der Waals surface area contributed by atoms with Gasteiger partial charge in [-0.15, -0.1) is 11.8 Å². The van der Waals surface area contributed by atoms with E-state index in [0.717, 1.165) is 29.0 Å². The van der Waals surface area contributed by atoms with Crippen LogP contribution < -0.4 is 5.32 Å². The molecule has 2 fully saturated rings. The molecule has 2 saturated carbocycles. The maximum absolute atomic E-state index is 9.34. The molecule has 0 bridgehead atoms. The van der Waals surface area contributed by atoms with Crippen LogP contribution >= 0.6 is 11.8 Å². The summed E-state index contributed by atoms with van der Waals surface area (Å²) in [7, 11) is 0. The number of rotatable bonds is 6. The van der Waals surface area contributed by atoms with Crippen molar-refractivity contribution in [3.05, 3.63) is 29.3 Å². The lowest BCUT2D eigenvalue weighted by Crippen LogP contribution is -2.15. The minimum absolute atomic E-state index is 0.719. The second kappa shape index (κ2) is 6.65. The zero-order chi connectivity index (χ0) is 13.8. The molecule has 106 valence electrons. The number of benzene rings is 1. The molecule has 0 unspecified atom stereocenters. The first-order valence-corrected chi connectivity index (χ1v) is 8.73. The molecule has 0 atom stereocenters. The summed E-state index contributed by atoms with van der Waals surface area (Å²) < 4.78 is 0. The van der Waals surface area contributed by atoms with Crippen molar-refractivity contribution in [2.24, 2.45) is 5.92 Å². The minimum Gasteiger partial charge on any atom is -0.310 e. The highest BCUT2D eigenvalue weighted by Gasteiger charge is 2.20. The van der Waals surface area contributed by atoms with Gasteiger partial charge in [-0.1, -0.05) is 18.9 Å².